The molecule has 14 heavy (non-hydrogen) atoms. The van der Waals surface area contributed by atoms with Gasteiger partial charge in [-0.2, -0.15) is 0 Å². The van der Waals surface area contributed by atoms with Gasteiger partial charge in [0, 0.05) is 20.2 Å². The van der Waals surface area contributed by atoms with Crippen LogP contribution in [0.25, 0.3) is 0 Å². The summed E-state index contributed by atoms with van der Waals surface area (Å²) in [6, 6.07) is 0. The molecule has 1 rings (SSSR count). The smallest absolute Gasteiger partial charge is 0.0705 e. The van der Waals surface area contributed by atoms with Crippen LogP contribution in [0.4, 0.5) is 0 Å². The highest BCUT2D eigenvalue weighted by molar-refractivity contribution is 4.71. The standard InChI is InChI=1S/C11H24N2O/c1-10-3-6-13(7-4-10)8-5-11(9-12)14-2/h10-11H,3-9,12H2,1-2H3. The largest absolute Gasteiger partial charge is 0.380 e. The van der Waals surface area contributed by atoms with Gasteiger partial charge in [-0.3, -0.25) is 0 Å². The molecule has 3 heteroatoms. The Labute approximate surface area is 87.6 Å². The van der Waals surface area contributed by atoms with E-state index >= 15 is 0 Å². The van der Waals surface area contributed by atoms with Crippen molar-refractivity contribution >= 4 is 0 Å². The normalized spacial score (nSPS) is 22.5. The molecule has 1 fully saturated rings. The van der Waals surface area contributed by atoms with Gasteiger partial charge in [0.05, 0.1) is 6.10 Å². The van der Waals surface area contributed by atoms with E-state index in [2.05, 4.69) is 11.8 Å². The topological polar surface area (TPSA) is 38.5 Å². The van der Waals surface area contributed by atoms with Gasteiger partial charge in [-0.25, -0.2) is 0 Å². The fourth-order valence-corrected chi connectivity index (χ4v) is 1.94. The van der Waals surface area contributed by atoms with Gasteiger partial charge in [-0.15, -0.1) is 0 Å². The van der Waals surface area contributed by atoms with Crippen LogP contribution in [0.2, 0.25) is 0 Å². The van der Waals surface area contributed by atoms with Crippen LogP contribution in [0.5, 0.6) is 0 Å². The second-order valence-corrected chi connectivity index (χ2v) is 4.41. The number of likely N-dealkylation sites (tertiary alicyclic amines) is 1. The Hall–Kier alpha value is -0.120. The fraction of sp³-hybridized carbons (Fsp3) is 1.00. The summed E-state index contributed by atoms with van der Waals surface area (Å²) < 4.78 is 5.26. The summed E-state index contributed by atoms with van der Waals surface area (Å²) in [5.74, 6) is 0.916. The van der Waals surface area contributed by atoms with E-state index in [1.165, 1.54) is 25.9 Å². The van der Waals surface area contributed by atoms with Crippen molar-refractivity contribution < 1.29 is 4.74 Å². The van der Waals surface area contributed by atoms with Crippen LogP contribution in [0.3, 0.4) is 0 Å². The molecule has 84 valence electrons. The third kappa shape index (κ3) is 3.95. The highest BCUT2D eigenvalue weighted by Gasteiger charge is 2.16. The molecule has 1 aliphatic heterocycles. The van der Waals surface area contributed by atoms with E-state index < -0.39 is 0 Å². The van der Waals surface area contributed by atoms with E-state index in [4.69, 9.17) is 10.5 Å². The summed E-state index contributed by atoms with van der Waals surface area (Å²) in [7, 11) is 1.75. The monoisotopic (exact) mass is 200 g/mol. The Morgan fingerprint density at radius 2 is 2.07 bits per heavy atom. The molecular formula is C11H24N2O. The molecule has 1 unspecified atom stereocenters. The predicted octanol–water partition coefficient (Wildman–Crippen LogP) is 1.08. The first-order valence-corrected chi connectivity index (χ1v) is 5.71. The Kier molecular flexibility index (Phi) is 5.45. The molecular weight excluding hydrogens is 176 g/mol. The highest BCUT2D eigenvalue weighted by atomic mass is 16.5. The third-order valence-corrected chi connectivity index (χ3v) is 3.24. The molecule has 0 spiro atoms. The first kappa shape index (κ1) is 12.0. The Balaban J connectivity index is 2.12. The number of hydrogen-bond acceptors (Lipinski definition) is 3. The number of piperidine rings is 1. The highest BCUT2D eigenvalue weighted by Crippen LogP contribution is 2.16. The molecule has 0 saturated carbocycles. The van der Waals surface area contributed by atoms with Gasteiger partial charge in [0.25, 0.3) is 0 Å². The van der Waals surface area contributed by atoms with E-state index in [0.29, 0.717) is 6.54 Å². The average Bonchev–Trinajstić information content (AvgIpc) is 2.22. The molecule has 0 aromatic carbocycles. The minimum Gasteiger partial charge on any atom is -0.380 e. The molecule has 0 aromatic rings. The first-order valence-electron chi connectivity index (χ1n) is 5.71. The number of rotatable bonds is 5. The maximum absolute atomic E-state index is 5.58. The summed E-state index contributed by atoms with van der Waals surface area (Å²) >= 11 is 0. The molecule has 1 atom stereocenters. The summed E-state index contributed by atoms with van der Waals surface area (Å²) in [5.41, 5.74) is 5.58. The van der Waals surface area contributed by atoms with Gasteiger partial charge < -0.3 is 15.4 Å². The number of hydrogen-bond donors (Lipinski definition) is 1. The molecule has 1 saturated heterocycles. The maximum atomic E-state index is 5.58. The Morgan fingerprint density at radius 3 is 2.57 bits per heavy atom. The van der Waals surface area contributed by atoms with Gasteiger partial charge in [0.15, 0.2) is 0 Å². The van der Waals surface area contributed by atoms with Crippen molar-refractivity contribution in [1.29, 1.82) is 0 Å². The Morgan fingerprint density at radius 1 is 1.43 bits per heavy atom. The second-order valence-electron chi connectivity index (χ2n) is 4.41. The minimum atomic E-state index is 0.245. The molecule has 1 aliphatic rings. The van der Waals surface area contributed by atoms with Gasteiger partial charge in [0.2, 0.25) is 0 Å². The molecule has 1 heterocycles. The lowest BCUT2D eigenvalue weighted by Gasteiger charge is -2.30. The SMILES string of the molecule is COC(CN)CCN1CCC(C)CC1. The average molecular weight is 200 g/mol. The van der Waals surface area contributed by atoms with Gasteiger partial charge in [-0.05, 0) is 38.3 Å². The van der Waals surface area contributed by atoms with Crippen LogP contribution in [0, 0.1) is 5.92 Å². The van der Waals surface area contributed by atoms with Crippen molar-refractivity contribution in [2.75, 3.05) is 33.3 Å². The molecule has 0 aliphatic carbocycles. The van der Waals surface area contributed by atoms with Crippen molar-refractivity contribution in [2.24, 2.45) is 11.7 Å². The van der Waals surface area contributed by atoms with Crippen molar-refractivity contribution in [2.45, 2.75) is 32.3 Å². The van der Waals surface area contributed by atoms with Crippen LogP contribution in [-0.4, -0.2) is 44.3 Å². The quantitative estimate of drug-likeness (QED) is 0.722. The van der Waals surface area contributed by atoms with Crippen molar-refractivity contribution in [3.05, 3.63) is 0 Å². The number of nitrogens with two attached hydrogens (primary N) is 1. The third-order valence-electron chi connectivity index (χ3n) is 3.24. The van der Waals surface area contributed by atoms with Crippen LogP contribution in [0.1, 0.15) is 26.2 Å². The van der Waals surface area contributed by atoms with Crippen LogP contribution in [-0.2, 0) is 4.74 Å². The lowest BCUT2D eigenvalue weighted by molar-refractivity contribution is 0.0832. The summed E-state index contributed by atoms with van der Waals surface area (Å²) in [6.07, 6.45) is 4.01. The van der Waals surface area contributed by atoms with E-state index in [0.717, 1.165) is 18.9 Å². The maximum Gasteiger partial charge on any atom is 0.0705 e. The lowest BCUT2D eigenvalue weighted by Crippen LogP contribution is -2.36. The zero-order valence-electron chi connectivity index (χ0n) is 9.54. The summed E-state index contributed by atoms with van der Waals surface area (Å²) in [5, 5.41) is 0. The van der Waals surface area contributed by atoms with Gasteiger partial charge in [-0.1, -0.05) is 6.92 Å². The van der Waals surface area contributed by atoms with Crippen molar-refractivity contribution in [3.8, 4) is 0 Å². The summed E-state index contributed by atoms with van der Waals surface area (Å²) in [4.78, 5) is 2.53. The fourth-order valence-electron chi connectivity index (χ4n) is 1.94. The molecule has 0 bridgehead atoms. The molecule has 0 radical (unpaired) electrons. The summed E-state index contributed by atoms with van der Waals surface area (Å²) in [6.45, 7) is 6.63. The van der Waals surface area contributed by atoms with E-state index in [9.17, 15) is 0 Å². The molecule has 0 amide bonds. The number of methoxy groups -OCH3 is 1. The zero-order valence-corrected chi connectivity index (χ0v) is 9.54. The molecule has 3 nitrogen and oxygen atoms in total. The molecule has 0 aromatic heterocycles. The molecule has 2 N–H and O–H groups in total. The lowest BCUT2D eigenvalue weighted by atomic mass is 9.99. The number of ether oxygens (including phenoxy) is 1. The van der Waals surface area contributed by atoms with Crippen molar-refractivity contribution in [3.63, 3.8) is 0 Å². The Bertz CT molecular complexity index is 140. The van der Waals surface area contributed by atoms with Crippen LogP contribution in [0.15, 0.2) is 0 Å². The second kappa shape index (κ2) is 6.38. The first-order chi connectivity index (χ1) is 6.76. The minimum absolute atomic E-state index is 0.245. The zero-order chi connectivity index (χ0) is 10.4. The van der Waals surface area contributed by atoms with Crippen LogP contribution >= 0.6 is 0 Å². The van der Waals surface area contributed by atoms with Crippen LogP contribution < -0.4 is 5.73 Å². The van der Waals surface area contributed by atoms with Gasteiger partial charge in [0.1, 0.15) is 0 Å². The van der Waals surface area contributed by atoms with E-state index in [1.54, 1.807) is 7.11 Å². The van der Waals surface area contributed by atoms with E-state index in [-0.39, 0.29) is 6.10 Å². The van der Waals surface area contributed by atoms with Crippen molar-refractivity contribution in [1.82, 2.24) is 4.90 Å². The predicted molar refractivity (Wildman–Crippen MR) is 59.3 cm³/mol. The van der Waals surface area contributed by atoms with E-state index in [1.807, 2.05) is 0 Å². The van der Waals surface area contributed by atoms with Gasteiger partial charge >= 0.3 is 0 Å². The number of nitrogens with zero attached hydrogens (tertiary/aromatic N) is 1.